The zero-order valence-electron chi connectivity index (χ0n) is 7.47. The van der Waals surface area contributed by atoms with Crippen LogP contribution >= 0.6 is 0 Å². The Labute approximate surface area is 73.2 Å². The van der Waals surface area contributed by atoms with E-state index in [1.807, 2.05) is 0 Å². The van der Waals surface area contributed by atoms with Crippen LogP contribution < -0.4 is 0 Å². The summed E-state index contributed by atoms with van der Waals surface area (Å²) in [7, 11) is 0. The summed E-state index contributed by atoms with van der Waals surface area (Å²) in [6.45, 7) is 2.89. The van der Waals surface area contributed by atoms with E-state index in [1.165, 1.54) is 25.7 Å². The Balaban J connectivity index is 1.89. The number of hydrogen-bond acceptors (Lipinski definition) is 2. The molecule has 0 bridgehead atoms. The van der Waals surface area contributed by atoms with Gasteiger partial charge in [0.1, 0.15) is 5.60 Å². The highest BCUT2D eigenvalue weighted by Crippen LogP contribution is 2.57. The highest BCUT2D eigenvalue weighted by atomic mass is 16.6. The highest BCUT2D eigenvalue weighted by Gasteiger charge is 2.63. The van der Waals surface area contributed by atoms with Crippen molar-refractivity contribution in [3.8, 4) is 0 Å². The molecule has 3 aliphatic rings. The Hall–Kier alpha value is -0.0800. The second kappa shape index (κ2) is 2.24. The predicted octanol–water partition coefficient (Wildman–Crippen LogP) is 1.74. The van der Waals surface area contributed by atoms with Gasteiger partial charge >= 0.3 is 0 Å². The first-order valence-electron chi connectivity index (χ1n) is 5.09. The molecule has 3 fully saturated rings. The summed E-state index contributed by atoms with van der Waals surface area (Å²) in [4.78, 5) is 0. The maximum Gasteiger partial charge on any atom is 0.102 e. The van der Waals surface area contributed by atoms with Crippen molar-refractivity contribution in [1.29, 1.82) is 0 Å². The van der Waals surface area contributed by atoms with E-state index < -0.39 is 0 Å². The Kier molecular flexibility index (Phi) is 1.37. The molecule has 0 aromatic rings. The van der Waals surface area contributed by atoms with Gasteiger partial charge in [-0.15, -0.1) is 0 Å². The van der Waals surface area contributed by atoms with Gasteiger partial charge in [-0.25, -0.2) is 0 Å². The Morgan fingerprint density at radius 1 is 0.917 bits per heavy atom. The van der Waals surface area contributed by atoms with Gasteiger partial charge in [-0.2, -0.15) is 0 Å². The van der Waals surface area contributed by atoms with Gasteiger partial charge in [0, 0.05) is 18.4 Å². The summed E-state index contributed by atoms with van der Waals surface area (Å²) < 4.78 is 11.3. The molecule has 2 heterocycles. The fourth-order valence-electron chi connectivity index (χ4n) is 3.09. The smallest absolute Gasteiger partial charge is 0.102 e. The largest absolute Gasteiger partial charge is 0.381 e. The third-order valence-electron chi connectivity index (χ3n) is 4.05. The van der Waals surface area contributed by atoms with Crippen molar-refractivity contribution < 1.29 is 9.47 Å². The molecule has 0 amide bonds. The molecule has 68 valence electrons. The molecule has 1 aliphatic carbocycles. The third kappa shape index (κ3) is 0.775. The average molecular weight is 168 g/mol. The van der Waals surface area contributed by atoms with Gasteiger partial charge < -0.3 is 9.47 Å². The first-order valence-corrected chi connectivity index (χ1v) is 5.09. The summed E-state index contributed by atoms with van der Waals surface area (Å²) in [5, 5.41) is 0. The lowest BCUT2D eigenvalue weighted by molar-refractivity contribution is -0.0643. The van der Waals surface area contributed by atoms with Gasteiger partial charge in [0.25, 0.3) is 0 Å². The summed E-state index contributed by atoms with van der Waals surface area (Å²) in [5.41, 5.74) is 0.715. The molecule has 1 unspecified atom stereocenters. The summed E-state index contributed by atoms with van der Waals surface area (Å²) in [5.74, 6) is 0. The minimum atomic E-state index is 0.280. The minimum Gasteiger partial charge on any atom is -0.381 e. The second-order valence-corrected chi connectivity index (χ2v) is 4.57. The molecule has 0 N–H and O–H groups in total. The molecular weight excluding hydrogens is 152 g/mol. The lowest BCUT2D eigenvalue weighted by atomic mass is 9.71. The van der Waals surface area contributed by atoms with Crippen molar-refractivity contribution >= 4 is 0 Å². The Bertz CT molecular complexity index is 190. The molecule has 0 radical (unpaired) electrons. The lowest BCUT2D eigenvalue weighted by Gasteiger charge is -2.39. The molecular formula is C10H16O2. The quantitative estimate of drug-likeness (QED) is 0.514. The van der Waals surface area contributed by atoms with Gasteiger partial charge in [-0.05, 0) is 12.8 Å². The highest BCUT2D eigenvalue weighted by molar-refractivity contribution is 5.11. The molecule has 0 aromatic heterocycles. The van der Waals surface area contributed by atoms with Crippen LogP contribution in [-0.2, 0) is 9.47 Å². The van der Waals surface area contributed by atoms with Crippen molar-refractivity contribution in [1.82, 2.24) is 0 Å². The molecule has 2 aliphatic heterocycles. The summed E-state index contributed by atoms with van der Waals surface area (Å²) in [6, 6.07) is 0. The second-order valence-electron chi connectivity index (χ2n) is 4.57. The zero-order valence-corrected chi connectivity index (χ0v) is 7.47. The molecule has 3 rings (SSSR count). The van der Waals surface area contributed by atoms with Crippen LogP contribution in [0.2, 0.25) is 0 Å². The number of epoxide rings is 1. The normalized spacial score (nSPS) is 44.0. The van der Waals surface area contributed by atoms with E-state index in [9.17, 15) is 0 Å². The number of fused-ring (bicyclic) bond motifs is 1. The third-order valence-corrected chi connectivity index (χ3v) is 4.05. The summed E-state index contributed by atoms with van der Waals surface area (Å²) >= 11 is 0. The van der Waals surface area contributed by atoms with Crippen LogP contribution in [0.3, 0.4) is 0 Å². The van der Waals surface area contributed by atoms with Crippen molar-refractivity contribution in [3.05, 3.63) is 0 Å². The first kappa shape index (κ1) is 7.34. The van der Waals surface area contributed by atoms with Gasteiger partial charge in [-0.3, -0.25) is 0 Å². The average Bonchev–Trinajstić information content (AvgIpc) is 2.73. The van der Waals surface area contributed by atoms with E-state index in [1.54, 1.807) is 0 Å². The van der Waals surface area contributed by atoms with E-state index in [0.29, 0.717) is 5.41 Å². The summed E-state index contributed by atoms with van der Waals surface area (Å²) in [6.07, 6.45) is 6.59. The number of hydrogen-bond donors (Lipinski definition) is 0. The van der Waals surface area contributed by atoms with Crippen molar-refractivity contribution in [2.75, 3.05) is 19.8 Å². The molecule has 2 heteroatoms. The molecule has 2 nitrogen and oxygen atoms in total. The Morgan fingerprint density at radius 2 is 1.67 bits per heavy atom. The molecule has 2 saturated heterocycles. The molecule has 2 spiro atoms. The van der Waals surface area contributed by atoms with Crippen LogP contribution in [0.4, 0.5) is 0 Å². The van der Waals surface area contributed by atoms with Gasteiger partial charge in [0.2, 0.25) is 0 Å². The monoisotopic (exact) mass is 168 g/mol. The van der Waals surface area contributed by atoms with Crippen LogP contribution in [0.1, 0.15) is 32.1 Å². The topological polar surface area (TPSA) is 21.8 Å². The predicted molar refractivity (Wildman–Crippen MR) is 45.0 cm³/mol. The van der Waals surface area contributed by atoms with Crippen LogP contribution in [0, 0.1) is 5.41 Å². The zero-order chi connectivity index (χ0) is 8.07. The van der Waals surface area contributed by atoms with Gasteiger partial charge in [0.15, 0.2) is 0 Å². The minimum absolute atomic E-state index is 0.280. The lowest BCUT2D eigenvalue weighted by Crippen LogP contribution is -2.45. The van der Waals surface area contributed by atoms with Crippen LogP contribution in [0.15, 0.2) is 0 Å². The van der Waals surface area contributed by atoms with Crippen LogP contribution in [0.25, 0.3) is 0 Å². The standard InChI is InChI=1S/C10H16O2/c1-2-4-9(3-1)7-11-6-5-10(9)8-12-10/h1-8H2. The fraction of sp³-hybridized carbons (Fsp3) is 1.00. The number of ether oxygens (including phenoxy) is 2. The maximum atomic E-state index is 5.69. The van der Waals surface area contributed by atoms with Crippen LogP contribution in [0.5, 0.6) is 0 Å². The molecule has 12 heavy (non-hydrogen) atoms. The Morgan fingerprint density at radius 3 is 2.33 bits per heavy atom. The van der Waals surface area contributed by atoms with Crippen molar-refractivity contribution in [2.45, 2.75) is 37.7 Å². The van der Waals surface area contributed by atoms with E-state index in [4.69, 9.17) is 9.47 Å². The molecule has 1 atom stereocenters. The first-order chi connectivity index (χ1) is 5.87. The van der Waals surface area contributed by atoms with Gasteiger partial charge in [0.05, 0.1) is 13.2 Å². The molecule has 1 saturated carbocycles. The van der Waals surface area contributed by atoms with E-state index >= 15 is 0 Å². The van der Waals surface area contributed by atoms with E-state index in [0.717, 1.165) is 26.2 Å². The van der Waals surface area contributed by atoms with Crippen molar-refractivity contribution in [2.24, 2.45) is 5.41 Å². The maximum absolute atomic E-state index is 5.69. The van der Waals surface area contributed by atoms with Gasteiger partial charge in [-0.1, -0.05) is 12.8 Å². The van der Waals surface area contributed by atoms with E-state index in [-0.39, 0.29) is 5.60 Å². The van der Waals surface area contributed by atoms with E-state index in [2.05, 4.69) is 0 Å². The van der Waals surface area contributed by atoms with Crippen LogP contribution in [-0.4, -0.2) is 25.4 Å². The fourth-order valence-corrected chi connectivity index (χ4v) is 3.09. The molecule has 0 aromatic carbocycles. The number of rotatable bonds is 0. The SMILES string of the molecule is C1CCC2(C1)COCCC21CO1. The van der Waals surface area contributed by atoms with Crippen molar-refractivity contribution in [3.63, 3.8) is 0 Å².